The molecule has 1 N–H and O–H groups in total. The highest BCUT2D eigenvalue weighted by Crippen LogP contribution is 2.27. The maximum Gasteiger partial charge on any atom is 0.344 e. The van der Waals surface area contributed by atoms with Crippen molar-refractivity contribution >= 4 is 11.9 Å². The van der Waals surface area contributed by atoms with Crippen molar-refractivity contribution in [2.75, 3.05) is 6.61 Å². The van der Waals surface area contributed by atoms with Crippen LogP contribution in [0, 0.1) is 23.0 Å². The molecule has 1 aliphatic rings. The van der Waals surface area contributed by atoms with Crippen LogP contribution in [-0.4, -0.2) is 24.0 Å². The smallest absolute Gasteiger partial charge is 0.344 e. The number of carbonyl (C=O) groups is 2. The molecule has 1 aromatic carbocycles. The monoisotopic (exact) mass is 322 g/mol. The van der Waals surface area contributed by atoms with Gasteiger partial charge in [0, 0.05) is 0 Å². The normalized spacial score (nSPS) is 16.2. The van der Waals surface area contributed by atoms with Crippen LogP contribution in [0.1, 0.15) is 42.5 Å². The Morgan fingerprint density at radius 2 is 1.83 bits per heavy atom. The second-order valence-electron chi connectivity index (χ2n) is 5.48. The van der Waals surface area contributed by atoms with Crippen molar-refractivity contribution < 1.29 is 23.1 Å². The highest BCUT2D eigenvalue weighted by molar-refractivity contribution is 5.92. The summed E-state index contributed by atoms with van der Waals surface area (Å²) >= 11 is 0. The van der Waals surface area contributed by atoms with Gasteiger partial charge in [-0.1, -0.05) is 25.3 Å². The van der Waals surface area contributed by atoms with Crippen LogP contribution < -0.4 is 5.32 Å². The van der Waals surface area contributed by atoms with E-state index in [1.807, 2.05) is 0 Å². The van der Waals surface area contributed by atoms with E-state index in [-0.39, 0.29) is 0 Å². The number of nitrogens with zero attached hydrogens (tertiary/aromatic N) is 1. The van der Waals surface area contributed by atoms with E-state index in [1.54, 1.807) is 0 Å². The van der Waals surface area contributed by atoms with E-state index < -0.39 is 41.2 Å². The highest BCUT2D eigenvalue weighted by atomic mass is 19.1. The molecule has 0 unspecified atom stereocenters. The van der Waals surface area contributed by atoms with Gasteiger partial charge in [0.1, 0.15) is 22.7 Å². The number of benzene rings is 1. The van der Waals surface area contributed by atoms with E-state index in [9.17, 15) is 23.6 Å². The van der Waals surface area contributed by atoms with Crippen molar-refractivity contribution in [3.63, 3.8) is 0 Å². The van der Waals surface area contributed by atoms with E-state index in [0.717, 1.165) is 37.5 Å². The van der Waals surface area contributed by atoms with Crippen LogP contribution in [0.15, 0.2) is 18.2 Å². The fourth-order valence-electron chi connectivity index (χ4n) is 2.62. The zero-order valence-corrected chi connectivity index (χ0v) is 12.4. The Labute approximate surface area is 132 Å². The molecule has 23 heavy (non-hydrogen) atoms. The number of esters is 1. The van der Waals surface area contributed by atoms with Gasteiger partial charge in [-0.2, -0.15) is 5.26 Å². The number of ether oxygens (including phenoxy) is 1. The molecule has 0 aromatic heterocycles. The summed E-state index contributed by atoms with van der Waals surface area (Å²) in [4.78, 5) is 23.5. The fourth-order valence-corrected chi connectivity index (χ4v) is 2.62. The average molecular weight is 322 g/mol. The van der Waals surface area contributed by atoms with E-state index in [0.29, 0.717) is 12.8 Å². The number of hydrogen-bond acceptors (Lipinski definition) is 4. The third kappa shape index (κ3) is 4.03. The molecule has 1 aromatic rings. The van der Waals surface area contributed by atoms with Crippen molar-refractivity contribution in [1.29, 1.82) is 5.26 Å². The molecule has 0 aliphatic heterocycles. The zero-order chi connectivity index (χ0) is 16.9. The minimum Gasteiger partial charge on any atom is -0.452 e. The third-order valence-electron chi connectivity index (χ3n) is 3.80. The summed E-state index contributed by atoms with van der Waals surface area (Å²) in [7, 11) is 0. The van der Waals surface area contributed by atoms with Gasteiger partial charge in [0.15, 0.2) is 6.61 Å². The molecular formula is C16H16F2N2O3. The molecule has 5 nitrogen and oxygen atoms in total. The fraction of sp³-hybridized carbons (Fsp3) is 0.438. The van der Waals surface area contributed by atoms with Gasteiger partial charge < -0.3 is 10.1 Å². The quantitative estimate of drug-likeness (QED) is 0.864. The van der Waals surface area contributed by atoms with Gasteiger partial charge in [-0.3, -0.25) is 4.79 Å². The standard InChI is InChI=1S/C16H16F2N2O3/c17-11-5-4-6-12(18)14(11)15(22)23-9-13(21)20-16(10-19)7-2-1-3-8-16/h4-6H,1-3,7-9H2,(H,20,21). The zero-order valence-electron chi connectivity index (χ0n) is 12.4. The van der Waals surface area contributed by atoms with Crippen LogP contribution in [0.25, 0.3) is 0 Å². The lowest BCUT2D eigenvalue weighted by Gasteiger charge is -2.31. The van der Waals surface area contributed by atoms with E-state index in [1.165, 1.54) is 0 Å². The number of hydrogen-bond donors (Lipinski definition) is 1. The SMILES string of the molecule is N#CC1(NC(=O)COC(=O)c2c(F)cccc2F)CCCCC1. The van der Waals surface area contributed by atoms with Crippen molar-refractivity contribution in [1.82, 2.24) is 5.32 Å². The van der Waals surface area contributed by atoms with Gasteiger partial charge in [0.05, 0.1) is 6.07 Å². The maximum atomic E-state index is 13.4. The molecule has 0 atom stereocenters. The third-order valence-corrected chi connectivity index (χ3v) is 3.80. The molecule has 0 radical (unpaired) electrons. The lowest BCUT2D eigenvalue weighted by atomic mass is 9.83. The molecule has 1 fully saturated rings. The topological polar surface area (TPSA) is 79.2 Å². The molecule has 1 amide bonds. The van der Waals surface area contributed by atoms with E-state index in [2.05, 4.69) is 16.1 Å². The predicted octanol–water partition coefficient (Wildman–Crippen LogP) is 2.46. The summed E-state index contributed by atoms with van der Waals surface area (Å²) in [5.41, 5.74) is -1.79. The lowest BCUT2D eigenvalue weighted by Crippen LogP contribution is -2.50. The van der Waals surface area contributed by atoms with Crippen molar-refractivity contribution in [2.24, 2.45) is 0 Å². The number of carbonyl (C=O) groups excluding carboxylic acids is 2. The first-order valence-corrected chi connectivity index (χ1v) is 7.31. The molecule has 0 bridgehead atoms. The van der Waals surface area contributed by atoms with E-state index >= 15 is 0 Å². The number of nitriles is 1. The van der Waals surface area contributed by atoms with Crippen molar-refractivity contribution in [3.05, 3.63) is 35.4 Å². The highest BCUT2D eigenvalue weighted by Gasteiger charge is 2.33. The minimum atomic E-state index is -1.26. The Morgan fingerprint density at radius 3 is 2.39 bits per heavy atom. The van der Waals surface area contributed by atoms with Crippen LogP contribution in [0.5, 0.6) is 0 Å². The Morgan fingerprint density at radius 1 is 1.22 bits per heavy atom. The van der Waals surface area contributed by atoms with Crippen molar-refractivity contribution in [3.8, 4) is 6.07 Å². The minimum absolute atomic E-state index is 0.533. The predicted molar refractivity (Wildman–Crippen MR) is 76.2 cm³/mol. The summed E-state index contributed by atoms with van der Waals surface area (Å²) in [6.45, 7) is -0.698. The molecular weight excluding hydrogens is 306 g/mol. The van der Waals surface area contributed by atoms with Gasteiger partial charge in [-0.25, -0.2) is 13.6 Å². The Hall–Kier alpha value is -2.49. The average Bonchev–Trinajstić information content (AvgIpc) is 2.53. The summed E-state index contributed by atoms with van der Waals surface area (Å²) in [5, 5.41) is 11.8. The van der Waals surface area contributed by atoms with Gasteiger partial charge in [0.2, 0.25) is 0 Å². The molecule has 122 valence electrons. The van der Waals surface area contributed by atoms with Crippen LogP contribution in [0.2, 0.25) is 0 Å². The first kappa shape index (κ1) is 16.9. The second-order valence-corrected chi connectivity index (χ2v) is 5.48. The Bertz CT molecular complexity index is 629. The maximum absolute atomic E-state index is 13.4. The van der Waals surface area contributed by atoms with Crippen LogP contribution in [0.3, 0.4) is 0 Å². The largest absolute Gasteiger partial charge is 0.452 e. The van der Waals surface area contributed by atoms with Gasteiger partial charge >= 0.3 is 5.97 Å². The van der Waals surface area contributed by atoms with Crippen LogP contribution in [0.4, 0.5) is 8.78 Å². The Balaban J connectivity index is 1.94. The summed E-state index contributed by atoms with van der Waals surface area (Å²) in [6.07, 6.45) is 3.72. The van der Waals surface area contributed by atoms with Gasteiger partial charge in [-0.05, 0) is 25.0 Å². The van der Waals surface area contributed by atoms with Crippen molar-refractivity contribution in [2.45, 2.75) is 37.6 Å². The first-order valence-electron chi connectivity index (χ1n) is 7.31. The molecule has 0 saturated heterocycles. The molecule has 1 aliphatic carbocycles. The number of rotatable bonds is 4. The molecule has 2 rings (SSSR count). The second kappa shape index (κ2) is 7.18. The van der Waals surface area contributed by atoms with Gasteiger partial charge in [0.25, 0.3) is 5.91 Å². The first-order chi connectivity index (χ1) is 11.0. The molecule has 0 spiro atoms. The summed E-state index contributed by atoms with van der Waals surface area (Å²) < 4.78 is 31.5. The number of halogens is 2. The number of amides is 1. The summed E-state index contributed by atoms with van der Waals surface area (Å²) in [5.74, 6) is -4.05. The van der Waals surface area contributed by atoms with Crippen LogP contribution in [-0.2, 0) is 9.53 Å². The molecule has 1 saturated carbocycles. The van der Waals surface area contributed by atoms with Gasteiger partial charge in [-0.15, -0.1) is 0 Å². The summed E-state index contributed by atoms with van der Waals surface area (Å²) in [6, 6.07) is 5.06. The van der Waals surface area contributed by atoms with Crippen LogP contribution >= 0.6 is 0 Å². The molecule has 7 heteroatoms. The molecule has 0 heterocycles. The van der Waals surface area contributed by atoms with E-state index in [4.69, 9.17) is 0 Å². The number of nitrogens with one attached hydrogen (secondary N) is 1. The Kier molecular flexibility index (Phi) is 5.27. The lowest BCUT2D eigenvalue weighted by molar-refractivity contribution is -0.125.